The average Bonchev–Trinajstić information content (AvgIpc) is 2.52. The molecule has 0 saturated carbocycles. The first kappa shape index (κ1) is 7.62. The van der Waals surface area contributed by atoms with Gasteiger partial charge in [-0.15, -0.1) is 0 Å². The van der Waals surface area contributed by atoms with Crippen LogP contribution in [0.25, 0.3) is 0 Å². The monoisotopic (exact) mass is 163 g/mol. The molecule has 0 heterocycles. The second-order valence-corrected chi connectivity index (χ2v) is 3.26. The maximum absolute atomic E-state index is 9.49. The van der Waals surface area contributed by atoms with E-state index in [0.29, 0.717) is 12.3 Å². The van der Waals surface area contributed by atoms with Crippen LogP contribution >= 0.6 is 0 Å². The first-order valence-corrected chi connectivity index (χ1v) is 4.35. The van der Waals surface area contributed by atoms with Crippen molar-refractivity contribution in [2.45, 2.75) is 25.8 Å². The number of aryl methyl sites for hydroxylation is 1. The number of hydrogen-bond acceptors (Lipinski definition) is 2. The highest BCUT2D eigenvalue weighted by molar-refractivity contribution is 5.46. The molecule has 12 heavy (non-hydrogen) atoms. The molecule has 2 heteroatoms. The third-order valence-electron chi connectivity index (χ3n) is 2.58. The van der Waals surface area contributed by atoms with Gasteiger partial charge in [-0.3, -0.25) is 0 Å². The van der Waals surface area contributed by atoms with E-state index in [2.05, 4.69) is 0 Å². The molecule has 2 rings (SSSR count). The van der Waals surface area contributed by atoms with Gasteiger partial charge in [0.1, 0.15) is 5.75 Å². The van der Waals surface area contributed by atoms with Crippen molar-refractivity contribution in [1.29, 1.82) is 0 Å². The van der Waals surface area contributed by atoms with Gasteiger partial charge >= 0.3 is 0 Å². The number of hydrogen-bond donors (Lipinski definition) is 2. The third kappa shape index (κ3) is 0.994. The van der Waals surface area contributed by atoms with E-state index >= 15 is 0 Å². The highest BCUT2D eigenvalue weighted by atomic mass is 16.3. The van der Waals surface area contributed by atoms with Crippen LogP contribution in [-0.4, -0.2) is 5.11 Å². The largest absolute Gasteiger partial charge is 0.508 e. The van der Waals surface area contributed by atoms with Crippen LogP contribution < -0.4 is 5.73 Å². The molecule has 0 spiro atoms. The van der Waals surface area contributed by atoms with Crippen LogP contribution in [0.2, 0.25) is 0 Å². The first-order chi connectivity index (χ1) is 5.83. The number of nitrogens with two attached hydrogens (primary N) is 1. The van der Waals surface area contributed by atoms with Gasteiger partial charge in [0.25, 0.3) is 0 Å². The summed E-state index contributed by atoms with van der Waals surface area (Å²) >= 11 is 0. The molecule has 64 valence electrons. The Morgan fingerprint density at radius 1 is 1.33 bits per heavy atom. The zero-order valence-electron chi connectivity index (χ0n) is 7.01. The van der Waals surface area contributed by atoms with Gasteiger partial charge in [0.05, 0.1) is 0 Å². The average molecular weight is 163 g/mol. The fraction of sp³-hybridized carbons (Fsp3) is 0.400. The molecule has 0 radical (unpaired) electrons. The molecule has 0 atom stereocenters. The predicted molar refractivity (Wildman–Crippen MR) is 48.0 cm³/mol. The summed E-state index contributed by atoms with van der Waals surface area (Å²) in [5.41, 5.74) is 9.17. The van der Waals surface area contributed by atoms with Crippen molar-refractivity contribution in [2.75, 3.05) is 0 Å². The van der Waals surface area contributed by atoms with Crippen molar-refractivity contribution in [3.8, 4) is 5.75 Å². The second-order valence-electron chi connectivity index (χ2n) is 3.26. The van der Waals surface area contributed by atoms with E-state index in [4.69, 9.17) is 5.73 Å². The van der Waals surface area contributed by atoms with Crippen LogP contribution in [0, 0.1) is 0 Å². The van der Waals surface area contributed by atoms with E-state index < -0.39 is 0 Å². The van der Waals surface area contributed by atoms with Crippen molar-refractivity contribution in [2.24, 2.45) is 5.73 Å². The van der Waals surface area contributed by atoms with E-state index in [1.54, 1.807) is 6.07 Å². The van der Waals surface area contributed by atoms with Crippen LogP contribution in [0.1, 0.15) is 23.1 Å². The number of benzene rings is 1. The molecular formula is C10H13NO. The number of aromatic hydroxyl groups is 1. The van der Waals surface area contributed by atoms with E-state index in [1.807, 2.05) is 6.07 Å². The van der Waals surface area contributed by atoms with E-state index in [0.717, 1.165) is 18.4 Å². The van der Waals surface area contributed by atoms with Crippen LogP contribution in [0.3, 0.4) is 0 Å². The van der Waals surface area contributed by atoms with Gasteiger partial charge in [-0.25, -0.2) is 0 Å². The maximum atomic E-state index is 9.49. The zero-order valence-corrected chi connectivity index (χ0v) is 7.01. The molecule has 0 bridgehead atoms. The molecule has 0 aromatic heterocycles. The summed E-state index contributed by atoms with van der Waals surface area (Å²) in [5, 5.41) is 9.49. The van der Waals surface area contributed by atoms with Crippen LogP contribution in [-0.2, 0) is 19.4 Å². The fourth-order valence-corrected chi connectivity index (χ4v) is 1.96. The van der Waals surface area contributed by atoms with Gasteiger partial charge in [-0.2, -0.15) is 0 Å². The van der Waals surface area contributed by atoms with Gasteiger partial charge < -0.3 is 10.8 Å². The molecule has 0 saturated heterocycles. The molecule has 1 aliphatic rings. The molecule has 0 aliphatic heterocycles. The molecule has 2 nitrogen and oxygen atoms in total. The fourth-order valence-electron chi connectivity index (χ4n) is 1.96. The Labute approximate surface area is 72.0 Å². The molecule has 1 aromatic carbocycles. The zero-order chi connectivity index (χ0) is 8.55. The molecule has 0 fully saturated rings. The molecule has 3 N–H and O–H groups in total. The van der Waals surface area contributed by atoms with Gasteiger partial charge in [-0.1, -0.05) is 6.07 Å². The Kier molecular flexibility index (Phi) is 1.77. The van der Waals surface area contributed by atoms with Gasteiger partial charge in [0.2, 0.25) is 0 Å². The highest BCUT2D eigenvalue weighted by Crippen LogP contribution is 2.30. The van der Waals surface area contributed by atoms with E-state index in [1.165, 1.54) is 17.5 Å². The van der Waals surface area contributed by atoms with Gasteiger partial charge in [-0.05, 0) is 36.5 Å². The highest BCUT2D eigenvalue weighted by Gasteiger charge is 2.16. The minimum Gasteiger partial charge on any atom is -0.508 e. The van der Waals surface area contributed by atoms with Crippen molar-refractivity contribution in [3.05, 3.63) is 28.8 Å². The third-order valence-corrected chi connectivity index (χ3v) is 2.58. The summed E-state index contributed by atoms with van der Waals surface area (Å²) in [5.74, 6) is 0.359. The number of phenolic OH excluding ortho intramolecular Hbond substituents is 1. The Hall–Kier alpha value is -1.02. The summed E-state index contributed by atoms with van der Waals surface area (Å²) in [7, 11) is 0. The standard InChI is InChI=1S/C10H13NO/c11-6-9-8-3-1-2-7(8)4-5-10(9)12/h4-5,12H,1-3,6,11H2. The summed E-state index contributed by atoms with van der Waals surface area (Å²) in [4.78, 5) is 0. The van der Waals surface area contributed by atoms with Crippen LogP contribution in [0.4, 0.5) is 0 Å². The Morgan fingerprint density at radius 3 is 2.92 bits per heavy atom. The lowest BCUT2D eigenvalue weighted by Gasteiger charge is -2.07. The van der Waals surface area contributed by atoms with Crippen LogP contribution in [0.5, 0.6) is 5.75 Å². The maximum Gasteiger partial charge on any atom is 0.120 e. The Bertz CT molecular complexity index is 307. The number of phenols is 1. The summed E-state index contributed by atoms with van der Waals surface area (Å²) in [6.45, 7) is 0.453. The predicted octanol–water partition coefficient (Wildman–Crippen LogP) is 1.34. The molecule has 1 aliphatic carbocycles. The lowest BCUT2D eigenvalue weighted by Crippen LogP contribution is -2.01. The smallest absolute Gasteiger partial charge is 0.120 e. The Morgan fingerprint density at radius 2 is 2.17 bits per heavy atom. The lowest BCUT2D eigenvalue weighted by molar-refractivity contribution is 0.467. The SMILES string of the molecule is NCc1c(O)ccc2c1CCC2. The minimum absolute atomic E-state index is 0.359. The summed E-state index contributed by atoms with van der Waals surface area (Å²) in [6, 6.07) is 3.77. The minimum atomic E-state index is 0.359. The topological polar surface area (TPSA) is 46.2 Å². The van der Waals surface area contributed by atoms with Gasteiger partial charge in [0, 0.05) is 12.1 Å². The van der Waals surface area contributed by atoms with Crippen molar-refractivity contribution < 1.29 is 5.11 Å². The first-order valence-electron chi connectivity index (χ1n) is 4.35. The molecule has 0 unspecified atom stereocenters. The van der Waals surface area contributed by atoms with Crippen molar-refractivity contribution in [3.63, 3.8) is 0 Å². The molecule has 1 aromatic rings. The second kappa shape index (κ2) is 2.79. The van der Waals surface area contributed by atoms with Crippen LogP contribution in [0.15, 0.2) is 12.1 Å². The number of rotatable bonds is 1. The van der Waals surface area contributed by atoms with Gasteiger partial charge in [0.15, 0.2) is 0 Å². The van der Waals surface area contributed by atoms with Crippen molar-refractivity contribution in [1.82, 2.24) is 0 Å². The summed E-state index contributed by atoms with van der Waals surface area (Å²) in [6.07, 6.45) is 3.42. The van der Waals surface area contributed by atoms with E-state index in [-0.39, 0.29) is 0 Å². The Balaban J connectivity index is 2.57. The summed E-state index contributed by atoms with van der Waals surface area (Å²) < 4.78 is 0. The normalized spacial score (nSPS) is 14.8. The van der Waals surface area contributed by atoms with Crippen molar-refractivity contribution >= 4 is 0 Å². The number of fused-ring (bicyclic) bond motifs is 1. The molecular weight excluding hydrogens is 150 g/mol. The lowest BCUT2D eigenvalue weighted by atomic mass is 10.0. The van der Waals surface area contributed by atoms with E-state index in [9.17, 15) is 5.11 Å². The quantitative estimate of drug-likeness (QED) is 0.656. The molecule has 0 amide bonds.